The molecular weight excluding hydrogens is 640 g/mol. The van der Waals surface area contributed by atoms with Crippen LogP contribution < -0.4 is 10.6 Å². The lowest BCUT2D eigenvalue weighted by Crippen LogP contribution is -2.27. The van der Waals surface area contributed by atoms with Crippen molar-refractivity contribution in [3.05, 3.63) is 116 Å². The Hall–Kier alpha value is -2.14. The van der Waals surface area contributed by atoms with Gasteiger partial charge in [0.05, 0.1) is 12.1 Å². The first-order chi connectivity index (χ1) is 17.1. The van der Waals surface area contributed by atoms with E-state index in [9.17, 15) is 8.78 Å². The molecule has 0 aliphatic rings. The van der Waals surface area contributed by atoms with Crippen LogP contribution in [0, 0.1) is 23.3 Å². The molecule has 2 atom stereocenters. The van der Waals surface area contributed by atoms with Gasteiger partial charge in [-0.15, -0.1) is 25.3 Å². The summed E-state index contributed by atoms with van der Waals surface area (Å²) in [5.41, 5.74) is 1.19. The van der Waals surface area contributed by atoms with E-state index in [1.807, 2.05) is 0 Å². The lowest BCUT2D eigenvalue weighted by Gasteiger charge is -2.33. The molecule has 0 aromatic heterocycles. The van der Waals surface area contributed by atoms with Crippen molar-refractivity contribution in [2.45, 2.75) is 21.9 Å². The van der Waals surface area contributed by atoms with Gasteiger partial charge in [0.25, 0.3) is 0 Å². The van der Waals surface area contributed by atoms with Crippen molar-refractivity contribution in [2.75, 3.05) is 10.6 Å². The van der Waals surface area contributed by atoms with Crippen molar-refractivity contribution in [2.24, 2.45) is 0 Å². The van der Waals surface area contributed by atoms with E-state index in [0.717, 1.165) is 0 Å². The van der Waals surface area contributed by atoms with E-state index >= 15 is 8.78 Å². The van der Waals surface area contributed by atoms with Crippen molar-refractivity contribution in [3.63, 3.8) is 0 Å². The van der Waals surface area contributed by atoms with Crippen molar-refractivity contribution >= 4 is 68.5 Å². The molecule has 0 bridgehead atoms. The van der Waals surface area contributed by atoms with Gasteiger partial charge in [0.15, 0.2) is 0 Å². The third kappa shape index (κ3) is 6.22. The monoisotopic (exact) mass is 656 g/mol. The standard InChI is InChI=1S/C26H18Br2F4N2S2/c27-13-1-5-19(31)17(9-13)25(33-21-7-3-15(29)11-23(21)35)26(18-10-14(28)2-6-20(18)32)34-22-8-4-16(30)12-24(22)36/h1-12,25-26,33-36H. The van der Waals surface area contributed by atoms with Crippen molar-refractivity contribution in [3.8, 4) is 0 Å². The van der Waals surface area contributed by atoms with Gasteiger partial charge in [-0.1, -0.05) is 31.9 Å². The highest BCUT2D eigenvalue weighted by Gasteiger charge is 2.31. The van der Waals surface area contributed by atoms with Crippen molar-refractivity contribution in [1.29, 1.82) is 0 Å². The van der Waals surface area contributed by atoms with E-state index in [2.05, 4.69) is 67.8 Å². The van der Waals surface area contributed by atoms with Gasteiger partial charge >= 0.3 is 0 Å². The van der Waals surface area contributed by atoms with Gasteiger partial charge in [-0.2, -0.15) is 0 Å². The fourth-order valence-electron chi connectivity index (χ4n) is 3.78. The fourth-order valence-corrected chi connectivity index (χ4v) is 5.06. The lowest BCUT2D eigenvalue weighted by atomic mass is 9.91. The predicted octanol–water partition coefficient (Wildman–Crippen LogP) is 9.35. The number of thiol groups is 2. The zero-order chi connectivity index (χ0) is 26.0. The van der Waals surface area contributed by atoms with Gasteiger partial charge in [-0.25, -0.2) is 17.6 Å². The molecule has 0 heterocycles. The van der Waals surface area contributed by atoms with E-state index in [1.54, 1.807) is 24.3 Å². The lowest BCUT2D eigenvalue weighted by molar-refractivity contribution is 0.537. The molecule has 10 heteroatoms. The van der Waals surface area contributed by atoms with Crippen LogP contribution in [0.15, 0.2) is 91.5 Å². The number of anilines is 2. The van der Waals surface area contributed by atoms with Crippen molar-refractivity contribution < 1.29 is 17.6 Å². The summed E-state index contributed by atoms with van der Waals surface area (Å²) < 4.78 is 59.3. The molecule has 0 aliphatic carbocycles. The first-order valence-electron chi connectivity index (χ1n) is 10.5. The molecule has 186 valence electrons. The quantitative estimate of drug-likeness (QED) is 0.118. The maximum Gasteiger partial charge on any atom is 0.128 e. The Bertz CT molecular complexity index is 1310. The van der Waals surface area contributed by atoms with E-state index in [0.29, 0.717) is 20.3 Å². The first-order valence-corrected chi connectivity index (χ1v) is 13.0. The van der Waals surface area contributed by atoms with Gasteiger partial charge < -0.3 is 10.6 Å². The zero-order valence-corrected chi connectivity index (χ0v) is 23.2. The summed E-state index contributed by atoms with van der Waals surface area (Å²) in [4.78, 5) is 0.557. The smallest absolute Gasteiger partial charge is 0.128 e. The van der Waals surface area contributed by atoms with Crippen molar-refractivity contribution in [1.82, 2.24) is 0 Å². The van der Waals surface area contributed by atoms with Crippen LogP contribution in [-0.2, 0) is 0 Å². The zero-order valence-electron chi connectivity index (χ0n) is 18.2. The van der Waals surface area contributed by atoms with Crippen LogP contribution in [0.2, 0.25) is 0 Å². The molecular formula is C26H18Br2F4N2S2. The van der Waals surface area contributed by atoms with E-state index < -0.39 is 35.4 Å². The summed E-state index contributed by atoms with van der Waals surface area (Å²) in [5, 5.41) is 6.42. The predicted molar refractivity (Wildman–Crippen MR) is 148 cm³/mol. The Labute approximate surface area is 233 Å². The number of halogens is 6. The second kappa shape index (κ2) is 11.5. The average molecular weight is 658 g/mol. The molecule has 2 unspecified atom stereocenters. The maximum atomic E-state index is 15.3. The number of benzene rings is 4. The van der Waals surface area contributed by atoms with Gasteiger partial charge in [0.2, 0.25) is 0 Å². The van der Waals surface area contributed by atoms with Crippen LogP contribution >= 0.6 is 57.1 Å². The molecule has 0 radical (unpaired) electrons. The topological polar surface area (TPSA) is 24.1 Å². The summed E-state index contributed by atoms with van der Waals surface area (Å²) in [6.45, 7) is 0. The van der Waals surface area contributed by atoms with Crippen LogP contribution in [0.1, 0.15) is 23.2 Å². The highest BCUT2D eigenvalue weighted by molar-refractivity contribution is 9.10. The van der Waals surface area contributed by atoms with Gasteiger partial charge in [0.1, 0.15) is 23.3 Å². The SMILES string of the molecule is Fc1ccc(NC(c2cc(Br)ccc2F)C(Nc2ccc(F)cc2S)c2cc(Br)ccc2F)c(S)c1. The second-order valence-corrected chi connectivity index (χ2v) is 10.7. The fraction of sp³-hybridized carbons (Fsp3) is 0.0769. The summed E-state index contributed by atoms with van der Waals surface area (Å²) in [5.74, 6) is -2.08. The summed E-state index contributed by atoms with van der Waals surface area (Å²) in [7, 11) is 0. The van der Waals surface area contributed by atoms with E-state index in [1.165, 1.54) is 48.5 Å². The number of nitrogens with one attached hydrogen (secondary N) is 2. The van der Waals surface area contributed by atoms with Gasteiger partial charge in [-0.05, 0) is 72.8 Å². The Morgan fingerprint density at radius 1 is 0.556 bits per heavy atom. The Kier molecular flexibility index (Phi) is 8.59. The van der Waals surface area contributed by atoms with Crippen LogP contribution in [0.3, 0.4) is 0 Å². The average Bonchev–Trinajstić information content (AvgIpc) is 2.82. The van der Waals surface area contributed by atoms with Gasteiger partial charge in [-0.3, -0.25) is 0 Å². The summed E-state index contributed by atoms with van der Waals surface area (Å²) >= 11 is 15.5. The van der Waals surface area contributed by atoms with Crippen LogP contribution in [-0.4, -0.2) is 0 Å². The normalized spacial score (nSPS) is 12.8. The molecule has 0 saturated heterocycles. The molecule has 4 aromatic rings. The Morgan fingerprint density at radius 3 is 1.31 bits per heavy atom. The summed E-state index contributed by atoms with van der Waals surface area (Å²) in [6, 6.07) is 14.8. The number of hydrogen-bond donors (Lipinski definition) is 4. The minimum atomic E-state index is -0.944. The molecule has 2 N–H and O–H groups in total. The van der Waals surface area contributed by atoms with Crippen LogP contribution in [0.25, 0.3) is 0 Å². The van der Waals surface area contributed by atoms with Crippen LogP contribution in [0.4, 0.5) is 28.9 Å². The van der Waals surface area contributed by atoms with E-state index in [-0.39, 0.29) is 20.9 Å². The molecule has 0 saturated carbocycles. The number of hydrogen-bond acceptors (Lipinski definition) is 4. The number of rotatable bonds is 7. The molecule has 0 spiro atoms. The third-order valence-corrected chi connectivity index (χ3v) is 7.19. The molecule has 4 rings (SSSR count). The largest absolute Gasteiger partial charge is 0.375 e. The highest BCUT2D eigenvalue weighted by Crippen LogP contribution is 2.41. The van der Waals surface area contributed by atoms with Crippen LogP contribution in [0.5, 0.6) is 0 Å². The molecule has 0 fully saturated rings. The molecule has 2 nitrogen and oxygen atoms in total. The molecule has 4 aromatic carbocycles. The summed E-state index contributed by atoms with van der Waals surface area (Å²) in [6.07, 6.45) is 0. The molecule has 0 amide bonds. The van der Waals surface area contributed by atoms with Gasteiger partial charge in [0, 0.05) is 41.2 Å². The minimum Gasteiger partial charge on any atom is -0.375 e. The minimum absolute atomic E-state index is 0.195. The first kappa shape index (κ1) is 26.9. The Morgan fingerprint density at radius 2 is 0.944 bits per heavy atom. The Balaban J connectivity index is 1.93. The van der Waals surface area contributed by atoms with E-state index in [4.69, 9.17) is 0 Å². The third-order valence-electron chi connectivity index (χ3n) is 5.46. The second-order valence-electron chi connectivity index (χ2n) is 7.90. The maximum absolute atomic E-state index is 15.3. The highest BCUT2D eigenvalue weighted by atomic mass is 79.9. The molecule has 36 heavy (non-hydrogen) atoms. The molecule has 0 aliphatic heterocycles.